The fourth-order valence-electron chi connectivity index (χ4n) is 1.43. The zero-order valence-corrected chi connectivity index (χ0v) is 11.0. The Bertz CT molecular complexity index is 463. The summed E-state index contributed by atoms with van der Waals surface area (Å²) >= 11 is 0. The molecule has 104 valence electrons. The maximum Gasteiger partial charge on any atom is 0.323 e. The molecule has 6 heteroatoms. The van der Waals surface area contributed by atoms with E-state index in [1.165, 1.54) is 24.2 Å². The molecule has 1 amide bonds. The molecule has 1 rings (SSSR count). The summed E-state index contributed by atoms with van der Waals surface area (Å²) in [4.78, 5) is 23.7. The topological polar surface area (TPSA) is 80.0 Å². The molecule has 0 radical (unpaired) electrons. The molecule has 0 saturated heterocycles. The first-order valence-electron chi connectivity index (χ1n) is 5.77. The van der Waals surface area contributed by atoms with Crippen molar-refractivity contribution < 1.29 is 23.8 Å². The Morgan fingerprint density at radius 2 is 2.21 bits per heavy atom. The second-order valence-electron chi connectivity index (χ2n) is 3.93. The molecule has 0 unspecified atom stereocenters. The van der Waals surface area contributed by atoms with Crippen LogP contribution >= 0.6 is 0 Å². The number of hydrogen-bond acceptors (Lipinski definition) is 4. The van der Waals surface area contributed by atoms with E-state index in [1.807, 2.05) is 0 Å². The lowest BCUT2D eigenvalue weighted by molar-refractivity contribution is -0.143. The first-order valence-corrected chi connectivity index (χ1v) is 5.77. The number of rotatable bonds is 7. The average Bonchev–Trinajstić information content (AvgIpc) is 2.77. The van der Waals surface area contributed by atoms with E-state index >= 15 is 0 Å². The minimum absolute atomic E-state index is 0.225. The van der Waals surface area contributed by atoms with Crippen molar-refractivity contribution in [3.8, 4) is 0 Å². The number of amides is 1. The van der Waals surface area contributed by atoms with Crippen LogP contribution in [-0.4, -0.2) is 48.7 Å². The average molecular weight is 267 g/mol. The monoisotopic (exact) mass is 267 g/mol. The summed E-state index contributed by atoms with van der Waals surface area (Å²) in [6.45, 7) is 1.95. The zero-order chi connectivity index (χ0) is 14.3. The predicted octanol–water partition coefficient (Wildman–Crippen LogP) is 1.16. The highest BCUT2D eigenvalue weighted by Crippen LogP contribution is 2.08. The van der Waals surface area contributed by atoms with Crippen LogP contribution in [-0.2, 0) is 14.3 Å². The van der Waals surface area contributed by atoms with Gasteiger partial charge in [0.1, 0.15) is 18.1 Å². The van der Waals surface area contributed by atoms with Crippen molar-refractivity contribution in [2.75, 3.05) is 26.8 Å². The van der Waals surface area contributed by atoms with Crippen molar-refractivity contribution in [2.45, 2.75) is 6.92 Å². The fourth-order valence-corrected chi connectivity index (χ4v) is 1.43. The standard InChI is InChI=1S/C13H17NO5/c1-10-3-4-11(19-10)5-6-12(15)14(7-8-18-2)9-13(16)17/h3-6H,7-9H2,1-2H3,(H,16,17). The molecule has 19 heavy (non-hydrogen) atoms. The van der Waals surface area contributed by atoms with E-state index < -0.39 is 11.9 Å². The minimum atomic E-state index is -1.06. The molecule has 0 saturated carbocycles. The Labute approximate surface area is 111 Å². The highest BCUT2D eigenvalue weighted by molar-refractivity contribution is 5.93. The van der Waals surface area contributed by atoms with Crippen molar-refractivity contribution in [2.24, 2.45) is 0 Å². The van der Waals surface area contributed by atoms with Crippen molar-refractivity contribution in [3.05, 3.63) is 29.7 Å². The van der Waals surface area contributed by atoms with Gasteiger partial charge in [0, 0.05) is 19.7 Å². The van der Waals surface area contributed by atoms with Crippen LogP contribution in [0, 0.1) is 6.92 Å². The van der Waals surface area contributed by atoms with Gasteiger partial charge in [-0.05, 0) is 25.1 Å². The molecule has 0 aliphatic heterocycles. The number of ether oxygens (including phenoxy) is 1. The molecule has 0 fully saturated rings. The molecule has 1 N–H and O–H groups in total. The van der Waals surface area contributed by atoms with Gasteiger partial charge in [-0.2, -0.15) is 0 Å². The first-order chi connectivity index (χ1) is 9.02. The highest BCUT2D eigenvalue weighted by atomic mass is 16.5. The summed E-state index contributed by atoms with van der Waals surface area (Å²) in [5.74, 6) is -0.165. The van der Waals surface area contributed by atoms with Crippen LogP contribution in [0.5, 0.6) is 0 Å². The number of hydrogen-bond donors (Lipinski definition) is 1. The van der Waals surface area contributed by atoms with Gasteiger partial charge < -0.3 is 19.2 Å². The van der Waals surface area contributed by atoms with E-state index in [0.29, 0.717) is 5.76 Å². The van der Waals surface area contributed by atoms with Gasteiger partial charge in [-0.25, -0.2) is 0 Å². The highest BCUT2D eigenvalue weighted by Gasteiger charge is 2.13. The van der Waals surface area contributed by atoms with Gasteiger partial charge in [-0.15, -0.1) is 0 Å². The Balaban J connectivity index is 2.64. The summed E-state index contributed by atoms with van der Waals surface area (Å²) in [6, 6.07) is 3.51. The molecule has 1 heterocycles. The summed E-state index contributed by atoms with van der Waals surface area (Å²) < 4.78 is 10.1. The molecular formula is C13H17NO5. The fraction of sp³-hybridized carbons (Fsp3) is 0.385. The van der Waals surface area contributed by atoms with Crippen LogP contribution in [0.3, 0.4) is 0 Å². The third-order valence-electron chi connectivity index (χ3n) is 2.35. The summed E-state index contributed by atoms with van der Waals surface area (Å²) in [6.07, 6.45) is 2.80. The van der Waals surface area contributed by atoms with E-state index in [2.05, 4.69) is 0 Å². The van der Waals surface area contributed by atoms with Crippen LogP contribution < -0.4 is 0 Å². The lowest BCUT2D eigenvalue weighted by atomic mass is 10.3. The maximum atomic E-state index is 11.8. The number of methoxy groups -OCH3 is 1. The van der Waals surface area contributed by atoms with Crippen molar-refractivity contribution in [1.82, 2.24) is 4.90 Å². The van der Waals surface area contributed by atoms with E-state index in [-0.39, 0.29) is 19.7 Å². The van der Waals surface area contributed by atoms with Gasteiger partial charge in [0.15, 0.2) is 0 Å². The summed E-state index contributed by atoms with van der Waals surface area (Å²) in [5, 5.41) is 8.74. The van der Waals surface area contributed by atoms with E-state index in [4.69, 9.17) is 14.3 Å². The number of carbonyl (C=O) groups excluding carboxylic acids is 1. The van der Waals surface area contributed by atoms with Crippen LogP contribution in [0.4, 0.5) is 0 Å². The third-order valence-corrected chi connectivity index (χ3v) is 2.35. The van der Waals surface area contributed by atoms with E-state index in [0.717, 1.165) is 5.76 Å². The van der Waals surface area contributed by atoms with Crippen molar-refractivity contribution in [1.29, 1.82) is 0 Å². The number of carboxylic acids is 1. The molecule has 0 spiro atoms. The van der Waals surface area contributed by atoms with Gasteiger partial charge >= 0.3 is 5.97 Å². The lowest BCUT2D eigenvalue weighted by Crippen LogP contribution is -2.36. The van der Waals surface area contributed by atoms with E-state index in [1.54, 1.807) is 19.1 Å². The number of furan rings is 1. The lowest BCUT2D eigenvalue weighted by Gasteiger charge is -2.18. The molecule has 0 aliphatic carbocycles. The maximum absolute atomic E-state index is 11.8. The molecule has 0 atom stereocenters. The van der Waals surface area contributed by atoms with Crippen molar-refractivity contribution >= 4 is 18.0 Å². The zero-order valence-electron chi connectivity index (χ0n) is 11.0. The SMILES string of the molecule is COCCN(CC(=O)O)C(=O)C=Cc1ccc(C)o1. The van der Waals surface area contributed by atoms with Crippen LogP contribution in [0.15, 0.2) is 22.6 Å². The number of carboxylic acid groups (broad SMARTS) is 1. The Hall–Kier alpha value is -2.08. The normalized spacial score (nSPS) is 10.8. The van der Waals surface area contributed by atoms with Gasteiger partial charge in [0.2, 0.25) is 5.91 Å². The number of nitrogens with zero attached hydrogens (tertiary/aromatic N) is 1. The Morgan fingerprint density at radius 1 is 1.47 bits per heavy atom. The van der Waals surface area contributed by atoms with Crippen LogP contribution in [0.1, 0.15) is 11.5 Å². The Morgan fingerprint density at radius 3 is 2.74 bits per heavy atom. The minimum Gasteiger partial charge on any atom is -0.480 e. The second-order valence-corrected chi connectivity index (χ2v) is 3.93. The van der Waals surface area contributed by atoms with Crippen molar-refractivity contribution in [3.63, 3.8) is 0 Å². The molecule has 0 aliphatic rings. The number of aryl methyl sites for hydroxylation is 1. The molecule has 0 aromatic carbocycles. The molecule has 0 bridgehead atoms. The van der Waals surface area contributed by atoms with Gasteiger partial charge in [-0.1, -0.05) is 0 Å². The predicted molar refractivity (Wildman–Crippen MR) is 68.6 cm³/mol. The number of aliphatic carboxylic acids is 1. The molecule has 1 aromatic rings. The van der Waals surface area contributed by atoms with Gasteiger partial charge in [0.05, 0.1) is 6.61 Å². The number of carbonyl (C=O) groups is 2. The summed E-state index contributed by atoms with van der Waals surface area (Å²) in [5.41, 5.74) is 0. The summed E-state index contributed by atoms with van der Waals surface area (Å²) in [7, 11) is 1.49. The van der Waals surface area contributed by atoms with E-state index in [9.17, 15) is 9.59 Å². The Kier molecular flexibility index (Phi) is 5.81. The first kappa shape index (κ1) is 15.0. The third kappa shape index (κ3) is 5.39. The molecule has 6 nitrogen and oxygen atoms in total. The van der Waals surface area contributed by atoms with Crippen LogP contribution in [0.25, 0.3) is 6.08 Å². The smallest absolute Gasteiger partial charge is 0.323 e. The molecule has 1 aromatic heterocycles. The second kappa shape index (κ2) is 7.38. The van der Waals surface area contributed by atoms with Gasteiger partial charge in [-0.3, -0.25) is 9.59 Å². The largest absolute Gasteiger partial charge is 0.480 e. The van der Waals surface area contributed by atoms with Gasteiger partial charge in [0.25, 0.3) is 0 Å². The van der Waals surface area contributed by atoms with Crippen LogP contribution in [0.2, 0.25) is 0 Å². The molecular weight excluding hydrogens is 250 g/mol. The quantitative estimate of drug-likeness (QED) is 0.750.